The number of carbonyl (C=O) groups excluding carboxylic acids is 1. The molecule has 9 heteroatoms. The van der Waals surface area contributed by atoms with Crippen LogP contribution in [0.5, 0.6) is 0 Å². The second-order valence-electron chi connectivity index (χ2n) is 7.00. The highest BCUT2D eigenvalue weighted by molar-refractivity contribution is 7.85. The van der Waals surface area contributed by atoms with Crippen LogP contribution in [0.4, 0.5) is 18.9 Å². The van der Waals surface area contributed by atoms with Crippen LogP contribution in [0, 0.1) is 11.3 Å². The molecule has 0 radical (unpaired) electrons. The van der Waals surface area contributed by atoms with Crippen molar-refractivity contribution >= 4 is 22.3 Å². The number of ketones is 1. The lowest BCUT2D eigenvalue weighted by atomic mass is 9.96. The molecule has 31 heavy (non-hydrogen) atoms. The lowest BCUT2D eigenvalue weighted by Crippen LogP contribution is -2.21. The summed E-state index contributed by atoms with van der Waals surface area (Å²) in [6, 6.07) is 10.4. The Morgan fingerprint density at radius 1 is 1.23 bits per heavy atom. The maximum Gasteiger partial charge on any atom is 0.416 e. The van der Waals surface area contributed by atoms with Gasteiger partial charge in [0.2, 0.25) is 0 Å². The number of allylic oxidation sites excluding steroid dienone is 1. The topological polar surface area (TPSA) is 96.0 Å². The van der Waals surface area contributed by atoms with E-state index in [1.54, 1.807) is 13.0 Å². The number of Topliss-reactive ketones (excluding diaryl/α,β-unsaturated/α-hetero) is 1. The molecule has 2 unspecified atom stereocenters. The van der Waals surface area contributed by atoms with Gasteiger partial charge >= 0.3 is 6.18 Å². The molecule has 0 bridgehead atoms. The summed E-state index contributed by atoms with van der Waals surface area (Å²) < 4.78 is 51.6. The van der Waals surface area contributed by atoms with Gasteiger partial charge in [-0.25, -0.2) is 0 Å². The average molecular weight is 447 g/mol. The monoisotopic (exact) mass is 447 g/mol. The van der Waals surface area contributed by atoms with Crippen LogP contribution in [0.2, 0.25) is 0 Å². The van der Waals surface area contributed by atoms with Crippen molar-refractivity contribution in [3.05, 3.63) is 70.4 Å². The van der Waals surface area contributed by atoms with Crippen molar-refractivity contribution in [2.24, 2.45) is 5.73 Å². The first-order chi connectivity index (χ1) is 14.7. The predicted octanol–water partition coefficient (Wildman–Crippen LogP) is 4.43. The summed E-state index contributed by atoms with van der Waals surface area (Å²) in [6.45, 7) is 1.73. The molecule has 0 saturated heterocycles. The Morgan fingerprint density at radius 3 is 2.61 bits per heavy atom. The van der Waals surface area contributed by atoms with Crippen LogP contribution >= 0.6 is 0 Å². The Kier molecular flexibility index (Phi) is 6.62. The van der Waals surface area contributed by atoms with Crippen LogP contribution < -0.4 is 11.1 Å². The fourth-order valence-corrected chi connectivity index (χ4v) is 4.51. The van der Waals surface area contributed by atoms with E-state index in [-0.39, 0.29) is 23.5 Å². The van der Waals surface area contributed by atoms with Crippen molar-refractivity contribution in [1.82, 2.24) is 0 Å². The van der Waals surface area contributed by atoms with Gasteiger partial charge in [-0.15, -0.1) is 0 Å². The van der Waals surface area contributed by atoms with Gasteiger partial charge in [0.25, 0.3) is 0 Å². The first kappa shape index (κ1) is 22.7. The standard InChI is InChI=1S/C22H20F3N3O2S/c1-2-31(30)19-10-13(12-26)6-7-16(19)21(27)20-17(8-9-18(20)29)28-15-5-3-4-14(11-15)22(23,24)25/h3-7,10-11,21,28H,2,8-9,27H2,1H3. The minimum atomic E-state index is -4.49. The zero-order valence-electron chi connectivity index (χ0n) is 16.6. The number of nitriles is 1. The third-order valence-electron chi connectivity index (χ3n) is 5.01. The molecule has 3 N–H and O–H groups in total. The molecular formula is C22H20F3N3O2S. The molecular weight excluding hydrogens is 427 g/mol. The van der Waals surface area contributed by atoms with Crippen molar-refractivity contribution in [1.29, 1.82) is 5.26 Å². The van der Waals surface area contributed by atoms with E-state index in [4.69, 9.17) is 11.0 Å². The van der Waals surface area contributed by atoms with Gasteiger partial charge in [0.1, 0.15) is 0 Å². The Bertz CT molecular complexity index is 1120. The lowest BCUT2D eigenvalue weighted by Gasteiger charge is -2.19. The van der Waals surface area contributed by atoms with E-state index >= 15 is 0 Å². The zero-order chi connectivity index (χ0) is 22.8. The quantitative estimate of drug-likeness (QED) is 0.683. The summed E-state index contributed by atoms with van der Waals surface area (Å²) >= 11 is 0. The van der Waals surface area contributed by atoms with Gasteiger partial charge in [-0.05, 0) is 42.3 Å². The average Bonchev–Trinajstić information content (AvgIpc) is 3.11. The van der Waals surface area contributed by atoms with Crippen LogP contribution in [0.3, 0.4) is 0 Å². The van der Waals surface area contributed by atoms with E-state index in [0.717, 1.165) is 12.1 Å². The summed E-state index contributed by atoms with van der Waals surface area (Å²) in [7, 11) is -1.42. The fraction of sp³-hybridized carbons (Fsp3) is 0.273. The fourth-order valence-electron chi connectivity index (χ4n) is 3.48. The Morgan fingerprint density at radius 2 is 1.97 bits per heavy atom. The molecule has 0 heterocycles. The van der Waals surface area contributed by atoms with Crippen molar-refractivity contribution in [2.45, 2.75) is 36.9 Å². The number of nitrogens with one attached hydrogen (secondary N) is 1. The molecule has 1 aliphatic carbocycles. The minimum absolute atomic E-state index is 0.173. The summed E-state index contributed by atoms with van der Waals surface area (Å²) in [5.41, 5.74) is 7.25. The van der Waals surface area contributed by atoms with E-state index in [9.17, 15) is 22.2 Å². The summed E-state index contributed by atoms with van der Waals surface area (Å²) in [6.07, 6.45) is -4.01. The number of nitrogens with zero attached hydrogens (tertiary/aromatic N) is 1. The molecule has 5 nitrogen and oxygen atoms in total. The Labute approximate surface area is 180 Å². The lowest BCUT2D eigenvalue weighted by molar-refractivity contribution is -0.137. The maximum atomic E-state index is 13.0. The van der Waals surface area contributed by atoms with Gasteiger partial charge in [-0.1, -0.05) is 19.1 Å². The van der Waals surface area contributed by atoms with E-state index < -0.39 is 28.6 Å². The highest BCUT2D eigenvalue weighted by Gasteiger charge is 2.32. The largest absolute Gasteiger partial charge is 0.416 e. The molecule has 0 aromatic heterocycles. The van der Waals surface area contributed by atoms with Crippen LogP contribution in [0.1, 0.15) is 42.5 Å². The second kappa shape index (κ2) is 9.04. The molecule has 162 valence electrons. The van der Waals surface area contributed by atoms with Gasteiger partial charge in [0, 0.05) is 34.0 Å². The molecule has 0 amide bonds. The van der Waals surface area contributed by atoms with Crippen molar-refractivity contribution < 1.29 is 22.2 Å². The molecule has 2 aromatic rings. The second-order valence-corrected chi connectivity index (χ2v) is 8.70. The smallest absolute Gasteiger partial charge is 0.358 e. The molecule has 1 aliphatic rings. The molecule has 0 saturated carbocycles. The van der Waals surface area contributed by atoms with Crippen LogP contribution in [0.15, 0.2) is 58.6 Å². The highest BCUT2D eigenvalue weighted by Crippen LogP contribution is 2.36. The van der Waals surface area contributed by atoms with Crippen molar-refractivity contribution in [3.63, 3.8) is 0 Å². The molecule has 2 aromatic carbocycles. The molecule has 0 aliphatic heterocycles. The van der Waals surface area contributed by atoms with Gasteiger partial charge in [-0.2, -0.15) is 18.4 Å². The predicted molar refractivity (Wildman–Crippen MR) is 111 cm³/mol. The van der Waals surface area contributed by atoms with Gasteiger partial charge in [0.05, 0.1) is 34.0 Å². The maximum absolute atomic E-state index is 13.0. The summed E-state index contributed by atoms with van der Waals surface area (Å²) in [4.78, 5) is 13.0. The van der Waals surface area contributed by atoms with E-state index in [2.05, 4.69) is 5.32 Å². The van der Waals surface area contributed by atoms with Crippen LogP contribution in [-0.2, 0) is 21.8 Å². The van der Waals surface area contributed by atoms with Gasteiger partial charge < -0.3 is 11.1 Å². The van der Waals surface area contributed by atoms with Gasteiger partial charge in [-0.3, -0.25) is 9.00 Å². The summed E-state index contributed by atoms with van der Waals surface area (Å²) in [5, 5.41) is 12.1. The SMILES string of the molecule is CCS(=O)c1cc(C#N)ccc1C(N)C1=C(Nc2cccc(C(F)(F)F)c2)CCC1=O. The number of benzene rings is 2. The number of halogens is 3. The normalized spacial score (nSPS) is 16.2. The number of nitrogens with two attached hydrogens (primary N) is 1. The van der Waals surface area contributed by atoms with Gasteiger partial charge in [0.15, 0.2) is 5.78 Å². The third kappa shape index (κ3) is 4.86. The number of hydrogen-bond acceptors (Lipinski definition) is 5. The van der Waals surface area contributed by atoms with Crippen LogP contribution in [-0.4, -0.2) is 15.7 Å². The van der Waals surface area contributed by atoms with E-state index in [1.165, 1.54) is 24.3 Å². The number of alkyl halides is 3. The number of anilines is 1. The molecule has 3 rings (SSSR count). The molecule has 0 spiro atoms. The molecule has 0 fully saturated rings. The van der Waals surface area contributed by atoms with Crippen molar-refractivity contribution in [2.75, 3.05) is 11.1 Å². The third-order valence-corrected chi connectivity index (χ3v) is 6.38. The number of rotatable bonds is 6. The first-order valence-corrected chi connectivity index (χ1v) is 10.9. The van der Waals surface area contributed by atoms with E-state index in [1.807, 2.05) is 6.07 Å². The number of hydrogen-bond donors (Lipinski definition) is 2. The van der Waals surface area contributed by atoms with Crippen molar-refractivity contribution in [3.8, 4) is 6.07 Å². The minimum Gasteiger partial charge on any atom is -0.358 e. The Hall–Kier alpha value is -2.96. The zero-order valence-corrected chi connectivity index (χ0v) is 17.4. The highest BCUT2D eigenvalue weighted by atomic mass is 32.2. The number of carbonyl (C=O) groups is 1. The molecule has 2 atom stereocenters. The van der Waals surface area contributed by atoms with Crippen LogP contribution in [0.25, 0.3) is 0 Å². The van der Waals surface area contributed by atoms with E-state index in [0.29, 0.717) is 33.9 Å². The summed E-state index contributed by atoms with van der Waals surface area (Å²) in [5.74, 6) is 0.0799. The Balaban J connectivity index is 2.02. The first-order valence-electron chi connectivity index (χ1n) is 9.54.